The van der Waals surface area contributed by atoms with Crippen LogP contribution in [0.3, 0.4) is 0 Å². The first kappa shape index (κ1) is 32.6. The average molecular weight is 573 g/mol. The molecule has 224 valence electrons. The van der Waals surface area contributed by atoms with Crippen molar-refractivity contribution in [2.24, 2.45) is 5.41 Å². The highest BCUT2D eigenvalue weighted by atomic mass is 16.6. The molecule has 0 aliphatic heterocycles. The van der Waals surface area contributed by atoms with Crippen molar-refractivity contribution in [1.29, 1.82) is 0 Å². The van der Waals surface area contributed by atoms with Crippen molar-refractivity contribution in [3.63, 3.8) is 0 Å². The molecule has 0 radical (unpaired) electrons. The Bertz CT molecular complexity index is 1040. The van der Waals surface area contributed by atoms with Crippen molar-refractivity contribution in [2.75, 3.05) is 19.8 Å². The molecule has 3 aromatic rings. The lowest BCUT2D eigenvalue weighted by Gasteiger charge is -2.31. The quantitative estimate of drug-likeness (QED) is 0.113. The fraction of sp³-hybridized carbons (Fsp3) is 0.417. The van der Waals surface area contributed by atoms with E-state index in [1.54, 1.807) is 0 Å². The van der Waals surface area contributed by atoms with E-state index in [1.807, 2.05) is 97.9 Å². The van der Waals surface area contributed by atoms with Gasteiger partial charge in [0.05, 0.1) is 5.41 Å². The first-order chi connectivity index (χ1) is 20.5. The van der Waals surface area contributed by atoms with Crippen LogP contribution in [0, 0.1) is 5.41 Å². The van der Waals surface area contributed by atoms with Crippen molar-refractivity contribution in [3.8, 4) is 0 Å². The van der Waals surface area contributed by atoms with E-state index in [-0.39, 0.29) is 57.0 Å². The first-order valence-corrected chi connectivity index (χ1v) is 15.1. The molecular formula is C36H44O6. The van der Waals surface area contributed by atoms with E-state index in [9.17, 15) is 14.4 Å². The van der Waals surface area contributed by atoms with Gasteiger partial charge in [-0.05, 0) is 61.6 Å². The Morgan fingerprint density at radius 1 is 0.500 bits per heavy atom. The fourth-order valence-electron chi connectivity index (χ4n) is 4.59. The zero-order valence-electron chi connectivity index (χ0n) is 24.8. The zero-order chi connectivity index (χ0) is 29.9. The molecule has 6 heteroatoms. The molecule has 0 aliphatic rings. The highest BCUT2D eigenvalue weighted by Gasteiger charge is 2.34. The second-order valence-electron chi connectivity index (χ2n) is 10.9. The Morgan fingerprint density at radius 3 is 1.05 bits per heavy atom. The number of hydrogen-bond acceptors (Lipinski definition) is 6. The molecule has 0 saturated carbocycles. The van der Waals surface area contributed by atoms with E-state index in [0.717, 1.165) is 19.3 Å². The summed E-state index contributed by atoms with van der Waals surface area (Å²) in [5.74, 6) is -0.939. The van der Waals surface area contributed by atoms with Gasteiger partial charge in [0, 0.05) is 19.3 Å². The Morgan fingerprint density at radius 2 is 0.786 bits per heavy atom. The number of ether oxygens (including phenoxy) is 3. The van der Waals surface area contributed by atoms with Gasteiger partial charge in [0.25, 0.3) is 0 Å². The van der Waals surface area contributed by atoms with Gasteiger partial charge in [-0.15, -0.1) is 0 Å². The smallest absolute Gasteiger partial charge is 0.305 e. The van der Waals surface area contributed by atoms with Crippen LogP contribution in [0.4, 0.5) is 0 Å². The summed E-state index contributed by atoms with van der Waals surface area (Å²) < 4.78 is 17.0. The predicted octanol–water partition coefficient (Wildman–Crippen LogP) is 7.08. The van der Waals surface area contributed by atoms with Crippen molar-refractivity contribution in [3.05, 3.63) is 108 Å². The monoisotopic (exact) mass is 572 g/mol. The molecule has 0 fully saturated rings. The number of aryl methyl sites for hydroxylation is 3. The van der Waals surface area contributed by atoms with Crippen molar-refractivity contribution in [2.45, 2.75) is 71.1 Å². The molecule has 0 bridgehead atoms. The predicted molar refractivity (Wildman–Crippen MR) is 164 cm³/mol. The maximum atomic E-state index is 12.6. The van der Waals surface area contributed by atoms with Gasteiger partial charge in [-0.3, -0.25) is 14.4 Å². The second-order valence-corrected chi connectivity index (χ2v) is 10.9. The van der Waals surface area contributed by atoms with Gasteiger partial charge in [0.15, 0.2) is 0 Å². The summed E-state index contributed by atoms with van der Waals surface area (Å²) in [6, 6.07) is 30.0. The third kappa shape index (κ3) is 12.7. The van der Waals surface area contributed by atoms with Crippen LogP contribution in [-0.2, 0) is 47.9 Å². The number of benzene rings is 3. The van der Waals surface area contributed by atoms with Crippen molar-refractivity contribution in [1.82, 2.24) is 0 Å². The molecule has 3 aromatic carbocycles. The standard InChI is InChI=1S/C36H44O6/c1-2-36(27-40-33(37)24-12-21-30-15-6-3-7-16-30,28-41-34(38)25-13-22-31-17-8-4-9-18-31)29-42-35(39)26-14-23-32-19-10-5-11-20-32/h3-11,15-20H,2,12-14,21-29H2,1H3. The van der Waals surface area contributed by atoms with Crippen molar-refractivity contribution >= 4 is 17.9 Å². The molecule has 0 amide bonds. The lowest BCUT2D eigenvalue weighted by molar-refractivity contribution is -0.162. The maximum Gasteiger partial charge on any atom is 0.305 e. The van der Waals surface area contributed by atoms with Crippen LogP contribution in [0.1, 0.15) is 68.6 Å². The molecule has 6 nitrogen and oxygen atoms in total. The summed E-state index contributed by atoms with van der Waals surface area (Å²) in [5, 5.41) is 0. The van der Waals surface area contributed by atoms with E-state index >= 15 is 0 Å². The molecule has 0 spiro atoms. The summed E-state index contributed by atoms with van der Waals surface area (Å²) >= 11 is 0. The second kappa shape index (κ2) is 18.5. The normalized spacial score (nSPS) is 11.1. The van der Waals surface area contributed by atoms with E-state index in [4.69, 9.17) is 14.2 Å². The number of hydrogen-bond donors (Lipinski definition) is 0. The van der Waals surface area contributed by atoms with E-state index in [0.29, 0.717) is 25.7 Å². The first-order valence-electron chi connectivity index (χ1n) is 15.1. The van der Waals surface area contributed by atoms with Crippen LogP contribution in [0.5, 0.6) is 0 Å². The van der Waals surface area contributed by atoms with Gasteiger partial charge in [0.2, 0.25) is 0 Å². The highest BCUT2D eigenvalue weighted by Crippen LogP contribution is 2.25. The molecule has 0 atom stereocenters. The Kier molecular flexibility index (Phi) is 14.3. The van der Waals surface area contributed by atoms with Crippen molar-refractivity contribution < 1.29 is 28.6 Å². The van der Waals surface area contributed by atoms with Gasteiger partial charge in [-0.2, -0.15) is 0 Å². The molecule has 0 heterocycles. The minimum Gasteiger partial charge on any atom is -0.465 e. The molecule has 0 N–H and O–H groups in total. The molecular weight excluding hydrogens is 528 g/mol. The lowest BCUT2D eigenvalue weighted by atomic mass is 9.88. The third-order valence-electron chi connectivity index (χ3n) is 7.44. The molecule has 0 aromatic heterocycles. The maximum absolute atomic E-state index is 12.6. The van der Waals surface area contributed by atoms with Gasteiger partial charge in [-0.1, -0.05) is 97.9 Å². The number of carbonyl (C=O) groups excluding carboxylic acids is 3. The minimum atomic E-state index is -0.806. The fourth-order valence-corrected chi connectivity index (χ4v) is 4.59. The summed E-state index contributed by atoms with van der Waals surface area (Å²) in [4.78, 5) is 37.8. The zero-order valence-corrected chi connectivity index (χ0v) is 24.8. The molecule has 3 rings (SSSR count). The van der Waals surface area contributed by atoms with Crippen LogP contribution >= 0.6 is 0 Å². The van der Waals surface area contributed by atoms with Crippen LogP contribution in [-0.4, -0.2) is 37.7 Å². The van der Waals surface area contributed by atoms with Gasteiger partial charge >= 0.3 is 17.9 Å². The minimum absolute atomic E-state index is 0.0161. The van der Waals surface area contributed by atoms with Crippen LogP contribution in [0.15, 0.2) is 91.0 Å². The Hall–Kier alpha value is -3.93. The molecule has 0 aliphatic carbocycles. The molecule has 42 heavy (non-hydrogen) atoms. The molecule has 0 unspecified atom stereocenters. The number of rotatable bonds is 19. The largest absolute Gasteiger partial charge is 0.465 e. The number of esters is 3. The van der Waals surface area contributed by atoms with Gasteiger partial charge in [0.1, 0.15) is 19.8 Å². The summed E-state index contributed by atoms with van der Waals surface area (Å²) in [7, 11) is 0. The van der Waals surface area contributed by atoms with Gasteiger partial charge in [-0.25, -0.2) is 0 Å². The van der Waals surface area contributed by atoms with Gasteiger partial charge < -0.3 is 14.2 Å². The lowest BCUT2D eigenvalue weighted by Crippen LogP contribution is -2.39. The highest BCUT2D eigenvalue weighted by molar-refractivity contribution is 5.70. The van der Waals surface area contributed by atoms with E-state index in [1.165, 1.54) is 16.7 Å². The van der Waals surface area contributed by atoms with Crippen LogP contribution < -0.4 is 0 Å². The van der Waals surface area contributed by atoms with E-state index in [2.05, 4.69) is 0 Å². The SMILES string of the molecule is CCC(COC(=O)CCCc1ccccc1)(COC(=O)CCCc1ccccc1)COC(=O)CCCc1ccccc1. The Balaban J connectivity index is 1.49. The number of carbonyl (C=O) groups is 3. The van der Waals surface area contributed by atoms with E-state index < -0.39 is 5.41 Å². The Labute approximate surface area is 250 Å². The molecule has 0 saturated heterocycles. The third-order valence-corrected chi connectivity index (χ3v) is 7.44. The topological polar surface area (TPSA) is 78.9 Å². The average Bonchev–Trinajstić information content (AvgIpc) is 3.02. The summed E-state index contributed by atoms with van der Waals surface area (Å²) in [6.07, 6.45) is 5.76. The summed E-state index contributed by atoms with van der Waals surface area (Å²) in [6.45, 7) is 1.97. The van der Waals surface area contributed by atoms with Crippen LogP contribution in [0.2, 0.25) is 0 Å². The van der Waals surface area contributed by atoms with Crippen LogP contribution in [0.25, 0.3) is 0 Å². The summed E-state index contributed by atoms with van der Waals surface area (Å²) in [5.41, 5.74) is 2.71.